The molecule has 0 bridgehead atoms. The first-order chi connectivity index (χ1) is 8.00. The van der Waals surface area contributed by atoms with Crippen molar-refractivity contribution in [2.24, 2.45) is 0 Å². The SMILES string of the molecule is C[C@@H](O)[C@H](NC(=O)/C=C/c1ccco1)C(=O)O. The number of amides is 1. The molecule has 0 unspecified atom stereocenters. The molecule has 0 radical (unpaired) electrons. The minimum Gasteiger partial charge on any atom is -0.480 e. The van der Waals surface area contributed by atoms with Gasteiger partial charge in [-0.05, 0) is 25.1 Å². The lowest BCUT2D eigenvalue weighted by Crippen LogP contribution is -2.47. The maximum atomic E-state index is 11.3. The van der Waals surface area contributed by atoms with Crippen LogP contribution in [0.15, 0.2) is 28.9 Å². The largest absolute Gasteiger partial charge is 0.480 e. The number of carboxylic acids is 1. The van der Waals surface area contributed by atoms with E-state index >= 15 is 0 Å². The summed E-state index contributed by atoms with van der Waals surface area (Å²) in [5, 5.41) is 20.0. The molecule has 0 aliphatic carbocycles. The van der Waals surface area contributed by atoms with Gasteiger partial charge in [0.1, 0.15) is 5.76 Å². The molecule has 1 aromatic rings. The maximum Gasteiger partial charge on any atom is 0.328 e. The van der Waals surface area contributed by atoms with Crippen LogP contribution in [0.2, 0.25) is 0 Å². The number of carbonyl (C=O) groups is 2. The lowest BCUT2D eigenvalue weighted by Gasteiger charge is -2.15. The van der Waals surface area contributed by atoms with Crippen LogP contribution < -0.4 is 5.32 Å². The van der Waals surface area contributed by atoms with Crippen molar-refractivity contribution < 1.29 is 24.2 Å². The average molecular weight is 239 g/mol. The summed E-state index contributed by atoms with van der Waals surface area (Å²) >= 11 is 0. The fourth-order valence-corrected chi connectivity index (χ4v) is 1.13. The fourth-order valence-electron chi connectivity index (χ4n) is 1.13. The molecule has 2 atom stereocenters. The van der Waals surface area contributed by atoms with Crippen LogP contribution in [-0.4, -0.2) is 34.2 Å². The van der Waals surface area contributed by atoms with Crippen molar-refractivity contribution >= 4 is 18.0 Å². The summed E-state index contributed by atoms with van der Waals surface area (Å²) in [5.41, 5.74) is 0. The number of hydrogen-bond acceptors (Lipinski definition) is 4. The Morgan fingerprint density at radius 2 is 2.24 bits per heavy atom. The Bertz CT molecular complexity index is 408. The summed E-state index contributed by atoms with van der Waals surface area (Å²) in [4.78, 5) is 22.0. The van der Waals surface area contributed by atoms with Crippen molar-refractivity contribution in [3.63, 3.8) is 0 Å². The summed E-state index contributed by atoms with van der Waals surface area (Å²) in [6, 6.07) is 1.98. The zero-order valence-corrected chi connectivity index (χ0v) is 9.16. The lowest BCUT2D eigenvalue weighted by molar-refractivity contribution is -0.144. The van der Waals surface area contributed by atoms with Gasteiger partial charge < -0.3 is 19.9 Å². The van der Waals surface area contributed by atoms with E-state index in [-0.39, 0.29) is 0 Å². The molecule has 3 N–H and O–H groups in total. The number of carboxylic acid groups (broad SMARTS) is 1. The van der Waals surface area contributed by atoms with E-state index in [1.54, 1.807) is 12.1 Å². The van der Waals surface area contributed by atoms with Gasteiger partial charge in [0.05, 0.1) is 12.4 Å². The second-order valence-electron chi connectivity index (χ2n) is 3.41. The molecule has 0 fully saturated rings. The van der Waals surface area contributed by atoms with Crippen LogP contribution in [0.25, 0.3) is 6.08 Å². The molecule has 0 aromatic carbocycles. The quantitative estimate of drug-likeness (QED) is 0.639. The Labute approximate surface area is 97.6 Å². The van der Waals surface area contributed by atoms with Gasteiger partial charge in [-0.3, -0.25) is 4.79 Å². The zero-order chi connectivity index (χ0) is 12.8. The number of furan rings is 1. The maximum absolute atomic E-state index is 11.3. The van der Waals surface area contributed by atoms with Crippen LogP contribution in [0.1, 0.15) is 12.7 Å². The van der Waals surface area contributed by atoms with Gasteiger partial charge in [0.15, 0.2) is 6.04 Å². The van der Waals surface area contributed by atoms with Crippen LogP contribution >= 0.6 is 0 Å². The van der Waals surface area contributed by atoms with Gasteiger partial charge in [0, 0.05) is 6.08 Å². The van der Waals surface area contributed by atoms with Crippen molar-refractivity contribution in [3.8, 4) is 0 Å². The molecule has 1 heterocycles. The van der Waals surface area contributed by atoms with E-state index in [4.69, 9.17) is 14.6 Å². The summed E-state index contributed by atoms with van der Waals surface area (Å²) in [6.45, 7) is 1.29. The fraction of sp³-hybridized carbons (Fsp3) is 0.273. The standard InChI is InChI=1S/C11H13NO5/c1-7(13)10(11(15)16)12-9(14)5-4-8-3-2-6-17-8/h2-7,10,13H,1H3,(H,12,14)(H,15,16)/b5-4+/t7-,10+/m1/s1. The second kappa shape index (κ2) is 5.86. The van der Waals surface area contributed by atoms with Gasteiger partial charge in [-0.15, -0.1) is 0 Å². The number of aliphatic hydroxyl groups is 1. The normalized spacial score (nSPS) is 14.5. The molecule has 17 heavy (non-hydrogen) atoms. The van der Waals surface area contributed by atoms with Gasteiger partial charge in [0.25, 0.3) is 0 Å². The molecule has 0 saturated carbocycles. The lowest BCUT2D eigenvalue weighted by atomic mass is 10.2. The van der Waals surface area contributed by atoms with E-state index in [0.717, 1.165) is 6.08 Å². The number of hydrogen-bond donors (Lipinski definition) is 3. The summed E-state index contributed by atoms with van der Waals surface area (Å²) < 4.78 is 4.95. The highest BCUT2D eigenvalue weighted by molar-refractivity contribution is 5.94. The molecule has 0 aliphatic rings. The van der Waals surface area contributed by atoms with Gasteiger partial charge in [0.2, 0.25) is 5.91 Å². The third-order valence-corrected chi connectivity index (χ3v) is 1.99. The van der Waals surface area contributed by atoms with E-state index in [9.17, 15) is 9.59 Å². The van der Waals surface area contributed by atoms with Crippen LogP contribution in [0.3, 0.4) is 0 Å². The van der Waals surface area contributed by atoms with Crippen molar-refractivity contribution in [3.05, 3.63) is 30.2 Å². The number of aliphatic carboxylic acids is 1. The van der Waals surface area contributed by atoms with Gasteiger partial charge in [-0.25, -0.2) is 4.79 Å². The van der Waals surface area contributed by atoms with Gasteiger partial charge >= 0.3 is 5.97 Å². The van der Waals surface area contributed by atoms with Gasteiger partial charge in [-0.2, -0.15) is 0 Å². The van der Waals surface area contributed by atoms with E-state index in [1.165, 1.54) is 19.3 Å². The highest BCUT2D eigenvalue weighted by Crippen LogP contribution is 2.02. The number of nitrogens with one attached hydrogen (secondary N) is 1. The molecule has 0 aliphatic heterocycles. The van der Waals surface area contributed by atoms with Crippen molar-refractivity contribution in [1.29, 1.82) is 0 Å². The Hall–Kier alpha value is -2.08. The Balaban J connectivity index is 2.56. The van der Waals surface area contributed by atoms with Crippen LogP contribution in [-0.2, 0) is 9.59 Å². The van der Waals surface area contributed by atoms with Crippen LogP contribution in [0.4, 0.5) is 0 Å². The molecule has 92 valence electrons. The minimum absolute atomic E-state index is 0.476. The monoisotopic (exact) mass is 239 g/mol. The molecule has 6 nitrogen and oxygen atoms in total. The minimum atomic E-state index is -1.33. The third-order valence-electron chi connectivity index (χ3n) is 1.99. The second-order valence-corrected chi connectivity index (χ2v) is 3.41. The molecule has 1 rings (SSSR count). The first-order valence-electron chi connectivity index (χ1n) is 4.93. The summed E-state index contributed by atoms with van der Waals surface area (Å²) in [6.07, 6.45) is 2.81. The van der Waals surface area contributed by atoms with Crippen molar-refractivity contribution in [1.82, 2.24) is 5.32 Å². The molecule has 0 spiro atoms. The first-order valence-corrected chi connectivity index (χ1v) is 4.93. The predicted molar refractivity (Wildman–Crippen MR) is 59.0 cm³/mol. The average Bonchev–Trinajstić information content (AvgIpc) is 2.74. The Kier molecular flexibility index (Phi) is 4.47. The van der Waals surface area contributed by atoms with Crippen LogP contribution in [0.5, 0.6) is 0 Å². The van der Waals surface area contributed by atoms with Crippen molar-refractivity contribution in [2.45, 2.75) is 19.1 Å². The molecule has 1 amide bonds. The Morgan fingerprint density at radius 3 is 2.71 bits per heavy atom. The number of carbonyl (C=O) groups excluding carboxylic acids is 1. The zero-order valence-electron chi connectivity index (χ0n) is 9.16. The molecule has 1 aromatic heterocycles. The van der Waals surface area contributed by atoms with E-state index < -0.39 is 24.0 Å². The number of aliphatic hydroxyl groups excluding tert-OH is 1. The predicted octanol–water partition coefficient (Wildman–Crippen LogP) is 0.243. The molecular formula is C11H13NO5. The summed E-state index contributed by atoms with van der Waals surface area (Å²) in [5.74, 6) is -1.43. The number of rotatable bonds is 5. The van der Waals surface area contributed by atoms with Crippen LogP contribution in [0, 0.1) is 0 Å². The Morgan fingerprint density at radius 1 is 1.53 bits per heavy atom. The molecule has 0 saturated heterocycles. The smallest absolute Gasteiger partial charge is 0.328 e. The highest BCUT2D eigenvalue weighted by atomic mass is 16.4. The van der Waals surface area contributed by atoms with Crippen molar-refractivity contribution in [2.75, 3.05) is 0 Å². The van der Waals surface area contributed by atoms with E-state index in [2.05, 4.69) is 5.32 Å². The molecular weight excluding hydrogens is 226 g/mol. The topological polar surface area (TPSA) is 99.8 Å². The van der Waals surface area contributed by atoms with E-state index in [0.29, 0.717) is 5.76 Å². The van der Waals surface area contributed by atoms with E-state index in [1.807, 2.05) is 0 Å². The summed E-state index contributed by atoms with van der Waals surface area (Å²) in [7, 11) is 0. The first kappa shape index (κ1) is 13.0. The third kappa shape index (κ3) is 4.12. The molecule has 6 heteroatoms. The van der Waals surface area contributed by atoms with Gasteiger partial charge in [-0.1, -0.05) is 0 Å². The highest BCUT2D eigenvalue weighted by Gasteiger charge is 2.23.